The first kappa shape index (κ1) is 23.8. The Labute approximate surface area is 198 Å². The van der Waals surface area contributed by atoms with E-state index in [-0.39, 0.29) is 17.5 Å². The molecule has 0 radical (unpaired) electrons. The van der Waals surface area contributed by atoms with Crippen molar-refractivity contribution in [3.63, 3.8) is 0 Å². The minimum atomic E-state index is -4.72. The molecule has 1 saturated carbocycles. The van der Waals surface area contributed by atoms with Crippen LogP contribution < -0.4 is 10.6 Å². The predicted octanol–water partition coefficient (Wildman–Crippen LogP) is 5.10. The van der Waals surface area contributed by atoms with E-state index in [4.69, 9.17) is 11.6 Å². The van der Waals surface area contributed by atoms with E-state index in [0.717, 1.165) is 4.68 Å². The van der Waals surface area contributed by atoms with Crippen LogP contribution in [0.1, 0.15) is 60.5 Å². The molecule has 1 fully saturated rings. The van der Waals surface area contributed by atoms with Gasteiger partial charge in [-0.05, 0) is 51.0 Å². The summed E-state index contributed by atoms with van der Waals surface area (Å²) in [5, 5.41) is 12.7. The lowest BCUT2D eigenvalue weighted by atomic mass is 10.2. The summed E-state index contributed by atoms with van der Waals surface area (Å²) in [6, 6.07) is 6.99. The molecule has 12 heteroatoms. The van der Waals surface area contributed by atoms with Crippen molar-refractivity contribution >= 4 is 34.8 Å². The molecule has 1 aromatic carbocycles. The van der Waals surface area contributed by atoms with Gasteiger partial charge >= 0.3 is 6.18 Å². The molecular formula is C22H22ClF3N6O2. The molecule has 4 rings (SSSR count). The number of carbonyl (C=O) groups is 2. The molecule has 0 spiro atoms. The molecular weight excluding hydrogens is 473 g/mol. The topological polar surface area (TPSA) is 93.8 Å². The van der Waals surface area contributed by atoms with Gasteiger partial charge in [-0.25, -0.2) is 0 Å². The van der Waals surface area contributed by atoms with Gasteiger partial charge in [0.1, 0.15) is 11.7 Å². The van der Waals surface area contributed by atoms with E-state index in [0.29, 0.717) is 36.5 Å². The molecule has 2 aromatic heterocycles. The van der Waals surface area contributed by atoms with Crippen molar-refractivity contribution < 1.29 is 22.8 Å². The normalized spacial score (nSPS) is 14.6. The molecule has 1 unspecified atom stereocenters. The molecule has 34 heavy (non-hydrogen) atoms. The maximum Gasteiger partial charge on any atom is 0.436 e. The van der Waals surface area contributed by atoms with Crippen LogP contribution >= 0.6 is 11.6 Å². The molecule has 180 valence electrons. The van der Waals surface area contributed by atoms with Crippen molar-refractivity contribution in [2.45, 2.75) is 51.4 Å². The second-order valence-electron chi connectivity index (χ2n) is 8.00. The number of rotatable bonds is 7. The Balaban J connectivity index is 1.51. The number of aryl methyl sites for hydroxylation is 1. The number of hydrogen-bond donors (Lipinski definition) is 2. The van der Waals surface area contributed by atoms with Gasteiger partial charge in [-0.2, -0.15) is 23.4 Å². The third-order valence-corrected chi connectivity index (χ3v) is 5.88. The van der Waals surface area contributed by atoms with Crippen LogP contribution in [-0.4, -0.2) is 31.4 Å². The molecule has 3 aromatic rings. The second kappa shape index (κ2) is 9.13. The van der Waals surface area contributed by atoms with Crippen molar-refractivity contribution in [3.05, 3.63) is 58.6 Å². The standard InChI is InChI=1S/C22H22ClF3N6O2/c1-3-31-16(9-10-27-31)21(34)29-15-6-4-5-14(11-15)28-20(33)12(2)32-18(13-7-8-13)17(23)19(30-32)22(24,25)26/h4-6,9-13H,3,7-8H2,1-2H3,(H,28,33)(H,29,34). The van der Waals surface area contributed by atoms with Crippen LogP contribution in [0, 0.1) is 0 Å². The highest BCUT2D eigenvalue weighted by Crippen LogP contribution is 2.47. The number of halogens is 4. The number of benzene rings is 1. The number of nitrogens with one attached hydrogen (secondary N) is 2. The SMILES string of the molecule is CCn1nccc1C(=O)Nc1cccc(NC(=O)C(C)n2nc(C(F)(F)F)c(Cl)c2C2CC2)c1. The van der Waals surface area contributed by atoms with Gasteiger partial charge in [-0.15, -0.1) is 0 Å². The van der Waals surface area contributed by atoms with Gasteiger partial charge in [0, 0.05) is 30.0 Å². The Morgan fingerprint density at radius 2 is 1.88 bits per heavy atom. The highest BCUT2D eigenvalue weighted by atomic mass is 35.5. The Hall–Kier alpha value is -3.34. The summed E-state index contributed by atoms with van der Waals surface area (Å²) in [5.74, 6) is -1.08. The first-order valence-electron chi connectivity index (χ1n) is 10.7. The lowest BCUT2D eigenvalue weighted by Gasteiger charge is -2.16. The first-order valence-corrected chi connectivity index (χ1v) is 11.1. The van der Waals surface area contributed by atoms with Crippen molar-refractivity contribution in [1.82, 2.24) is 19.6 Å². The molecule has 2 amide bonds. The lowest BCUT2D eigenvalue weighted by Crippen LogP contribution is -2.26. The maximum atomic E-state index is 13.3. The second-order valence-corrected chi connectivity index (χ2v) is 8.37. The van der Waals surface area contributed by atoms with Crippen molar-refractivity contribution in [2.75, 3.05) is 10.6 Å². The fraction of sp³-hybridized carbons (Fsp3) is 0.364. The monoisotopic (exact) mass is 494 g/mol. The zero-order valence-electron chi connectivity index (χ0n) is 18.4. The Morgan fingerprint density at radius 3 is 2.50 bits per heavy atom. The minimum absolute atomic E-state index is 0.151. The van der Waals surface area contributed by atoms with E-state index in [2.05, 4.69) is 20.8 Å². The Morgan fingerprint density at radius 1 is 1.21 bits per heavy atom. The minimum Gasteiger partial charge on any atom is -0.324 e. The first-order chi connectivity index (χ1) is 16.1. The number of carbonyl (C=O) groups excluding carboxylic acids is 2. The van der Waals surface area contributed by atoms with E-state index in [1.807, 2.05) is 6.92 Å². The number of aromatic nitrogens is 4. The van der Waals surface area contributed by atoms with Crippen LogP contribution in [0.3, 0.4) is 0 Å². The van der Waals surface area contributed by atoms with Gasteiger partial charge in [0.05, 0.1) is 10.7 Å². The number of anilines is 2. The largest absolute Gasteiger partial charge is 0.436 e. The predicted molar refractivity (Wildman–Crippen MR) is 120 cm³/mol. The van der Waals surface area contributed by atoms with Crippen LogP contribution in [-0.2, 0) is 17.5 Å². The molecule has 1 aliphatic rings. The third-order valence-electron chi connectivity index (χ3n) is 5.50. The third kappa shape index (κ3) is 4.79. The fourth-order valence-corrected chi connectivity index (χ4v) is 4.02. The molecule has 2 N–H and O–H groups in total. The highest BCUT2D eigenvalue weighted by Gasteiger charge is 2.43. The molecule has 0 bridgehead atoms. The van der Waals surface area contributed by atoms with E-state index >= 15 is 0 Å². The van der Waals surface area contributed by atoms with Crippen LogP contribution in [0.15, 0.2) is 36.5 Å². The van der Waals surface area contributed by atoms with Crippen molar-refractivity contribution in [3.8, 4) is 0 Å². The summed E-state index contributed by atoms with van der Waals surface area (Å²) >= 11 is 6.01. The number of alkyl halides is 3. The van der Waals surface area contributed by atoms with Gasteiger partial charge < -0.3 is 10.6 Å². The van der Waals surface area contributed by atoms with Crippen LogP contribution in [0.5, 0.6) is 0 Å². The molecule has 2 heterocycles. The zero-order valence-corrected chi connectivity index (χ0v) is 19.1. The average Bonchev–Trinajstić information content (AvgIpc) is 3.37. The zero-order chi connectivity index (χ0) is 24.6. The van der Waals surface area contributed by atoms with Crippen LogP contribution in [0.25, 0.3) is 0 Å². The summed E-state index contributed by atoms with van der Waals surface area (Å²) in [4.78, 5) is 25.4. The molecule has 1 aliphatic carbocycles. The van der Waals surface area contributed by atoms with Crippen LogP contribution in [0.2, 0.25) is 5.02 Å². The lowest BCUT2D eigenvalue weighted by molar-refractivity contribution is -0.141. The van der Waals surface area contributed by atoms with Gasteiger partial charge in [0.2, 0.25) is 5.91 Å². The number of hydrogen-bond acceptors (Lipinski definition) is 4. The molecule has 0 saturated heterocycles. The highest BCUT2D eigenvalue weighted by molar-refractivity contribution is 6.32. The number of nitrogens with zero attached hydrogens (tertiary/aromatic N) is 4. The maximum absolute atomic E-state index is 13.3. The summed E-state index contributed by atoms with van der Waals surface area (Å²) in [7, 11) is 0. The molecule has 1 atom stereocenters. The van der Waals surface area contributed by atoms with Gasteiger partial charge in [0.25, 0.3) is 5.91 Å². The van der Waals surface area contributed by atoms with Crippen molar-refractivity contribution in [1.29, 1.82) is 0 Å². The van der Waals surface area contributed by atoms with Gasteiger partial charge in [0.15, 0.2) is 5.69 Å². The van der Waals surface area contributed by atoms with Crippen LogP contribution in [0.4, 0.5) is 24.5 Å². The number of amides is 2. The fourth-order valence-electron chi connectivity index (χ4n) is 3.63. The average molecular weight is 495 g/mol. The van der Waals surface area contributed by atoms with Gasteiger partial charge in [-0.1, -0.05) is 17.7 Å². The summed E-state index contributed by atoms with van der Waals surface area (Å²) in [6.07, 6.45) is -1.81. The molecule has 8 nitrogen and oxygen atoms in total. The summed E-state index contributed by atoms with van der Waals surface area (Å²) < 4.78 is 42.6. The van der Waals surface area contributed by atoms with Crippen molar-refractivity contribution in [2.24, 2.45) is 0 Å². The van der Waals surface area contributed by atoms with E-state index in [9.17, 15) is 22.8 Å². The van der Waals surface area contributed by atoms with E-state index in [1.54, 1.807) is 35.0 Å². The summed E-state index contributed by atoms with van der Waals surface area (Å²) in [5.41, 5.74) is 0.214. The van der Waals surface area contributed by atoms with E-state index < -0.39 is 28.8 Å². The quantitative estimate of drug-likeness (QED) is 0.478. The van der Waals surface area contributed by atoms with Gasteiger partial charge in [-0.3, -0.25) is 19.0 Å². The Bertz CT molecular complexity index is 1230. The van der Waals surface area contributed by atoms with E-state index in [1.165, 1.54) is 13.1 Å². The summed E-state index contributed by atoms with van der Waals surface area (Å²) in [6.45, 7) is 3.85. The Kier molecular flexibility index (Phi) is 6.39. The smallest absolute Gasteiger partial charge is 0.324 e. The molecule has 0 aliphatic heterocycles.